The van der Waals surface area contributed by atoms with Gasteiger partial charge in [0.2, 0.25) is 5.91 Å². The third-order valence-corrected chi connectivity index (χ3v) is 5.82. The molecule has 4 aromatic rings. The van der Waals surface area contributed by atoms with Gasteiger partial charge in [-0.2, -0.15) is 0 Å². The number of nitrogens with two attached hydrogens (primary N) is 1. The van der Waals surface area contributed by atoms with E-state index in [2.05, 4.69) is 52.8 Å². The number of fused-ring (bicyclic) bond motifs is 2. The van der Waals surface area contributed by atoms with Gasteiger partial charge in [0.15, 0.2) is 0 Å². The van der Waals surface area contributed by atoms with Gasteiger partial charge >= 0.3 is 0 Å². The van der Waals surface area contributed by atoms with Gasteiger partial charge in [0.05, 0.1) is 22.8 Å². The fourth-order valence-electron chi connectivity index (χ4n) is 3.99. The van der Waals surface area contributed by atoms with Gasteiger partial charge in [-0.1, -0.05) is 0 Å². The summed E-state index contributed by atoms with van der Waals surface area (Å²) in [5.41, 5.74) is 11.6. The molecule has 1 aromatic carbocycles. The van der Waals surface area contributed by atoms with Crippen LogP contribution < -0.4 is 5.73 Å². The van der Waals surface area contributed by atoms with Crippen molar-refractivity contribution in [3.8, 4) is 11.3 Å². The summed E-state index contributed by atoms with van der Waals surface area (Å²) in [6, 6.07) is 10.7. The van der Waals surface area contributed by atoms with E-state index in [-0.39, 0.29) is 5.91 Å². The summed E-state index contributed by atoms with van der Waals surface area (Å²) in [5, 5.41) is 2.29. The van der Waals surface area contributed by atoms with Gasteiger partial charge in [0, 0.05) is 40.8 Å². The average molecular weight is 344 g/mol. The number of nitrogens with one attached hydrogen (secondary N) is 1. The first-order valence-electron chi connectivity index (χ1n) is 8.83. The first-order chi connectivity index (χ1) is 12.5. The van der Waals surface area contributed by atoms with Gasteiger partial charge < -0.3 is 15.3 Å². The molecule has 0 radical (unpaired) electrons. The van der Waals surface area contributed by atoms with Crippen LogP contribution in [-0.2, 0) is 17.3 Å². The highest BCUT2D eigenvalue weighted by Crippen LogP contribution is 2.47. The van der Waals surface area contributed by atoms with Crippen LogP contribution in [0.3, 0.4) is 0 Å². The van der Waals surface area contributed by atoms with Crippen molar-refractivity contribution in [2.75, 3.05) is 0 Å². The number of amides is 1. The van der Waals surface area contributed by atoms with Crippen LogP contribution in [0.1, 0.15) is 24.1 Å². The van der Waals surface area contributed by atoms with Crippen LogP contribution >= 0.6 is 0 Å². The van der Waals surface area contributed by atoms with Crippen LogP contribution in [0.15, 0.2) is 42.7 Å². The Balaban J connectivity index is 1.70. The molecule has 1 fully saturated rings. The number of hydrogen-bond donors (Lipinski definition) is 2. The van der Waals surface area contributed by atoms with Gasteiger partial charge in [-0.3, -0.25) is 9.78 Å². The quantitative estimate of drug-likeness (QED) is 0.596. The maximum atomic E-state index is 11.8. The molecule has 1 aliphatic rings. The summed E-state index contributed by atoms with van der Waals surface area (Å²) in [7, 11) is 2.06. The number of benzene rings is 1. The molecule has 0 aliphatic heterocycles. The molecule has 5 nitrogen and oxygen atoms in total. The van der Waals surface area contributed by atoms with Gasteiger partial charge in [-0.05, 0) is 55.7 Å². The summed E-state index contributed by atoms with van der Waals surface area (Å²) < 4.78 is 2.16. The first-order valence-corrected chi connectivity index (χ1v) is 8.83. The van der Waals surface area contributed by atoms with E-state index in [1.807, 2.05) is 18.5 Å². The highest BCUT2D eigenvalue weighted by molar-refractivity contribution is 5.94. The average Bonchev–Trinajstić information content (AvgIpc) is 3.22. The summed E-state index contributed by atoms with van der Waals surface area (Å²) in [6.07, 6.45) is 5.42. The minimum Gasteiger partial charge on any atom is -0.369 e. The predicted molar refractivity (Wildman–Crippen MR) is 103 cm³/mol. The number of nitrogens with zero attached hydrogens (tertiary/aromatic N) is 2. The molecule has 5 heteroatoms. The van der Waals surface area contributed by atoms with Crippen LogP contribution in [0.25, 0.3) is 33.1 Å². The summed E-state index contributed by atoms with van der Waals surface area (Å²) >= 11 is 0. The van der Waals surface area contributed by atoms with Crippen LogP contribution in [0.5, 0.6) is 0 Å². The Morgan fingerprint density at radius 1 is 1.23 bits per heavy atom. The largest absolute Gasteiger partial charge is 0.369 e. The number of carbonyl (C=O) groups is 1. The third kappa shape index (κ3) is 1.97. The number of primary amides is 1. The molecule has 0 spiro atoms. The lowest BCUT2D eigenvalue weighted by atomic mass is 10.00. The topological polar surface area (TPSA) is 76.7 Å². The molecule has 3 N–H and O–H groups in total. The Morgan fingerprint density at radius 2 is 2.04 bits per heavy atom. The molecule has 0 unspecified atom stereocenters. The van der Waals surface area contributed by atoms with Crippen molar-refractivity contribution in [1.82, 2.24) is 14.5 Å². The highest BCUT2D eigenvalue weighted by atomic mass is 16.1. The minimum absolute atomic E-state index is 0.269. The fourth-order valence-corrected chi connectivity index (χ4v) is 3.99. The lowest BCUT2D eigenvalue weighted by Gasteiger charge is -2.10. The molecule has 0 bridgehead atoms. The normalized spacial score (nSPS) is 15.6. The van der Waals surface area contributed by atoms with Crippen molar-refractivity contribution in [3.05, 3.63) is 54.0 Å². The fraction of sp³-hybridized carbons (Fsp3) is 0.238. The second-order valence-electron chi connectivity index (χ2n) is 7.40. The van der Waals surface area contributed by atoms with Gasteiger partial charge in [-0.25, -0.2) is 0 Å². The van der Waals surface area contributed by atoms with Gasteiger partial charge in [0.25, 0.3) is 0 Å². The minimum atomic E-state index is -0.551. The first kappa shape index (κ1) is 15.2. The zero-order valence-corrected chi connectivity index (χ0v) is 14.8. The molecule has 3 heterocycles. The second-order valence-corrected chi connectivity index (χ2v) is 7.40. The molecule has 5 rings (SSSR count). The number of rotatable bonds is 3. The van der Waals surface area contributed by atoms with E-state index in [4.69, 9.17) is 5.73 Å². The molecule has 3 aromatic heterocycles. The van der Waals surface area contributed by atoms with Crippen molar-refractivity contribution >= 4 is 27.7 Å². The number of pyridine rings is 1. The van der Waals surface area contributed by atoms with Gasteiger partial charge in [-0.15, -0.1) is 0 Å². The molecular weight excluding hydrogens is 324 g/mol. The Morgan fingerprint density at radius 3 is 2.77 bits per heavy atom. The smallest absolute Gasteiger partial charge is 0.229 e. The molecule has 26 heavy (non-hydrogen) atoms. The number of aromatic amines is 1. The van der Waals surface area contributed by atoms with E-state index in [9.17, 15) is 4.79 Å². The molecule has 1 amide bonds. The Hall–Kier alpha value is -3.08. The Labute approximate surface area is 150 Å². The molecule has 0 saturated heterocycles. The van der Waals surface area contributed by atoms with Crippen molar-refractivity contribution in [1.29, 1.82) is 0 Å². The van der Waals surface area contributed by atoms with Crippen molar-refractivity contribution in [2.45, 2.75) is 25.2 Å². The summed E-state index contributed by atoms with van der Waals surface area (Å²) in [6.45, 7) is 2.13. The SMILES string of the molecule is Cc1cc2[nH]ccc2cc1-c1cc2cc(C3(C(N)=O)CC3)ncc2n1C. The lowest BCUT2D eigenvalue weighted by molar-refractivity contribution is -0.120. The zero-order chi connectivity index (χ0) is 18.1. The molecule has 0 atom stereocenters. The second kappa shape index (κ2) is 4.97. The number of hydrogen-bond acceptors (Lipinski definition) is 2. The molecule has 1 saturated carbocycles. The van der Waals surface area contributed by atoms with Crippen molar-refractivity contribution < 1.29 is 4.79 Å². The monoisotopic (exact) mass is 344 g/mol. The van der Waals surface area contributed by atoms with Crippen LogP contribution in [0.4, 0.5) is 0 Å². The number of H-pyrrole nitrogens is 1. The summed E-state index contributed by atoms with van der Waals surface area (Å²) in [4.78, 5) is 19.7. The maximum Gasteiger partial charge on any atom is 0.229 e. The summed E-state index contributed by atoms with van der Waals surface area (Å²) in [5.74, 6) is -0.269. The van der Waals surface area contributed by atoms with Crippen LogP contribution in [-0.4, -0.2) is 20.4 Å². The van der Waals surface area contributed by atoms with E-state index in [1.54, 1.807) is 0 Å². The van der Waals surface area contributed by atoms with E-state index in [0.29, 0.717) is 0 Å². The van der Waals surface area contributed by atoms with Crippen LogP contribution in [0.2, 0.25) is 0 Å². The van der Waals surface area contributed by atoms with Crippen molar-refractivity contribution in [3.63, 3.8) is 0 Å². The maximum absolute atomic E-state index is 11.8. The van der Waals surface area contributed by atoms with E-state index >= 15 is 0 Å². The predicted octanol–water partition coefficient (Wildman–Crippen LogP) is 3.55. The lowest BCUT2D eigenvalue weighted by Crippen LogP contribution is -2.29. The zero-order valence-electron chi connectivity index (χ0n) is 14.8. The Bertz CT molecular complexity index is 1190. The number of aryl methyl sites for hydroxylation is 2. The Kier molecular flexibility index (Phi) is 2.91. The third-order valence-electron chi connectivity index (χ3n) is 5.82. The van der Waals surface area contributed by atoms with E-state index < -0.39 is 5.41 Å². The van der Waals surface area contributed by atoms with Crippen LogP contribution in [0, 0.1) is 6.92 Å². The molecular formula is C21H20N4O. The van der Waals surface area contributed by atoms with E-state index in [1.165, 1.54) is 16.5 Å². The van der Waals surface area contributed by atoms with E-state index in [0.717, 1.165) is 40.6 Å². The number of aromatic nitrogens is 3. The van der Waals surface area contributed by atoms with Gasteiger partial charge in [0.1, 0.15) is 0 Å². The van der Waals surface area contributed by atoms with Crippen molar-refractivity contribution in [2.24, 2.45) is 12.8 Å². The standard InChI is InChI=1S/C21H20N4O/c1-12-7-16-13(3-6-23-16)8-15(12)17-9-14-10-19(21(4-5-21)20(22)26)24-11-18(14)25(17)2/h3,6-11,23H,4-5H2,1-2H3,(H2,22,26). The highest BCUT2D eigenvalue weighted by Gasteiger charge is 2.51. The molecule has 130 valence electrons. The molecule has 1 aliphatic carbocycles. The number of carbonyl (C=O) groups excluding carboxylic acids is 1.